The van der Waals surface area contributed by atoms with Gasteiger partial charge in [0, 0.05) is 56.7 Å². The van der Waals surface area contributed by atoms with Crippen LogP contribution in [0.2, 0.25) is 0 Å². The number of methoxy groups -OCH3 is 1. The maximum Gasteiger partial charge on any atom is 0.414 e. The number of amides is 3. The van der Waals surface area contributed by atoms with E-state index in [1.807, 2.05) is 45.0 Å². The number of benzene rings is 2. The number of cyclic esters (lactones) is 1. The molecule has 2 saturated heterocycles. The van der Waals surface area contributed by atoms with E-state index in [9.17, 15) is 14.4 Å². The van der Waals surface area contributed by atoms with E-state index in [1.165, 1.54) is 13.2 Å². The SMILES string of the molecule is COc1cc(OC2CCN(C(=O)OC(C)(C)C)CC2)c(F)cc1C(=O)N1CCC(N2C(=O)OCc3ccccc32)CC1. The van der Waals surface area contributed by atoms with Crippen LogP contribution in [0.25, 0.3) is 0 Å². The van der Waals surface area contributed by atoms with Gasteiger partial charge >= 0.3 is 12.2 Å². The van der Waals surface area contributed by atoms with E-state index in [2.05, 4.69) is 0 Å². The van der Waals surface area contributed by atoms with Gasteiger partial charge in [-0.25, -0.2) is 14.0 Å². The molecule has 226 valence electrons. The largest absolute Gasteiger partial charge is 0.496 e. The summed E-state index contributed by atoms with van der Waals surface area (Å²) in [7, 11) is 1.43. The summed E-state index contributed by atoms with van der Waals surface area (Å²) in [6.45, 7) is 7.37. The number of hydrogen-bond donors (Lipinski definition) is 0. The van der Waals surface area contributed by atoms with Crippen molar-refractivity contribution in [2.24, 2.45) is 0 Å². The fourth-order valence-electron chi connectivity index (χ4n) is 5.64. The minimum absolute atomic E-state index is 0.0000948. The van der Waals surface area contributed by atoms with Gasteiger partial charge in [0.25, 0.3) is 5.91 Å². The standard InChI is InChI=1S/C31H38FN3O7/c1-31(2,3)42-29(37)34-15-11-22(12-16-34)41-27-18-26(39-4)23(17-24(27)32)28(36)33-13-9-21(10-14-33)35-25-8-6-5-7-20(25)19-40-30(35)38/h5-8,17-18,21-22H,9-16,19H2,1-4H3. The van der Waals surface area contributed by atoms with Crippen LogP contribution in [0.3, 0.4) is 0 Å². The first kappa shape index (κ1) is 29.5. The molecule has 0 bridgehead atoms. The van der Waals surface area contributed by atoms with E-state index >= 15 is 4.39 Å². The van der Waals surface area contributed by atoms with Crippen molar-refractivity contribution in [3.05, 3.63) is 53.3 Å². The van der Waals surface area contributed by atoms with Crippen molar-refractivity contribution in [2.75, 3.05) is 38.2 Å². The Balaban J connectivity index is 1.20. The summed E-state index contributed by atoms with van der Waals surface area (Å²) in [5.74, 6) is -0.780. The molecule has 3 aliphatic rings. The highest BCUT2D eigenvalue weighted by atomic mass is 19.1. The van der Waals surface area contributed by atoms with E-state index in [4.69, 9.17) is 18.9 Å². The Hall–Kier alpha value is -4.02. The highest BCUT2D eigenvalue weighted by molar-refractivity contribution is 5.97. The molecule has 3 aliphatic heterocycles. The molecule has 3 heterocycles. The van der Waals surface area contributed by atoms with Crippen molar-refractivity contribution >= 4 is 23.8 Å². The lowest BCUT2D eigenvalue weighted by molar-refractivity contribution is 0.0123. The molecule has 0 unspecified atom stereocenters. The third kappa shape index (κ3) is 6.39. The lowest BCUT2D eigenvalue weighted by Crippen LogP contribution is -2.50. The fraction of sp³-hybridized carbons (Fsp3) is 0.516. The van der Waals surface area contributed by atoms with E-state index in [0.717, 1.165) is 17.3 Å². The predicted octanol–water partition coefficient (Wildman–Crippen LogP) is 5.37. The lowest BCUT2D eigenvalue weighted by Gasteiger charge is -2.40. The van der Waals surface area contributed by atoms with Gasteiger partial charge in [-0.15, -0.1) is 0 Å². The van der Waals surface area contributed by atoms with Gasteiger partial charge < -0.3 is 28.7 Å². The molecule has 0 N–H and O–H groups in total. The lowest BCUT2D eigenvalue weighted by atomic mass is 10.00. The molecule has 0 aromatic heterocycles. The first-order chi connectivity index (χ1) is 20.0. The molecule has 0 atom stereocenters. The van der Waals surface area contributed by atoms with Gasteiger partial charge in [-0.1, -0.05) is 18.2 Å². The zero-order valence-corrected chi connectivity index (χ0v) is 24.6. The summed E-state index contributed by atoms with van der Waals surface area (Å²) in [6.07, 6.45) is 1.11. The van der Waals surface area contributed by atoms with Crippen LogP contribution >= 0.6 is 0 Å². The summed E-state index contributed by atoms with van der Waals surface area (Å²) in [6, 6.07) is 10.1. The summed E-state index contributed by atoms with van der Waals surface area (Å²) in [4.78, 5) is 43.4. The van der Waals surface area contributed by atoms with Gasteiger partial charge in [0.15, 0.2) is 11.6 Å². The molecule has 0 radical (unpaired) electrons. The minimum atomic E-state index is -0.656. The van der Waals surface area contributed by atoms with Gasteiger partial charge in [-0.05, 0) is 45.7 Å². The molecular weight excluding hydrogens is 545 g/mol. The van der Waals surface area contributed by atoms with Crippen LogP contribution in [0, 0.1) is 5.82 Å². The summed E-state index contributed by atoms with van der Waals surface area (Å²) in [5, 5.41) is 0. The van der Waals surface area contributed by atoms with Gasteiger partial charge in [0.1, 0.15) is 24.1 Å². The Morgan fingerprint density at radius 1 is 0.952 bits per heavy atom. The first-order valence-corrected chi connectivity index (χ1v) is 14.4. The number of fused-ring (bicyclic) bond motifs is 1. The Labute approximate surface area is 245 Å². The third-order valence-electron chi connectivity index (χ3n) is 7.79. The van der Waals surface area contributed by atoms with E-state index in [-0.39, 0.29) is 53.9 Å². The van der Waals surface area contributed by atoms with Crippen LogP contribution < -0.4 is 14.4 Å². The van der Waals surface area contributed by atoms with Crippen LogP contribution in [-0.2, 0) is 16.1 Å². The van der Waals surface area contributed by atoms with Crippen molar-refractivity contribution in [2.45, 2.75) is 70.8 Å². The zero-order valence-electron chi connectivity index (χ0n) is 24.6. The predicted molar refractivity (Wildman–Crippen MR) is 152 cm³/mol. The molecular formula is C31H38FN3O7. The van der Waals surface area contributed by atoms with Crippen LogP contribution in [0.5, 0.6) is 11.5 Å². The molecule has 0 saturated carbocycles. The molecule has 2 aromatic carbocycles. The Kier molecular flexibility index (Phi) is 8.47. The number of carbonyl (C=O) groups is 3. The Morgan fingerprint density at radius 2 is 1.62 bits per heavy atom. The van der Waals surface area contributed by atoms with E-state index < -0.39 is 11.4 Å². The van der Waals surface area contributed by atoms with Gasteiger partial charge in [-0.2, -0.15) is 0 Å². The number of carbonyl (C=O) groups excluding carboxylic acids is 3. The number of halogens is 1. The van der Waals surface area contributed by atoms with Gasteiger partial charge in [0.2, 0.25) is 0 Å². The molecule has 42 heavy (non-hydrogen) atoms. The van der Waals surface area contributed by atoms with Crippen molar-refractivity contribution in [3.8, 4) is 11.5 Å². The van der Waals surface area contributed by atoms with Crippen molar-refractivity contribution in [1.29, 1.82) is 0 Å². The average Bonchev–Trinajstić information content (AvgIpc) is 2.97. The maximum absolute atomic E-state index is 15.2. The van der Waals surface area contributed by atoms with Crippen molar-refractivity contribution in [1.82, 2.24) is 9.80 Å². The number of hydrogen-bond acceptors (Lipinski definition) is 7. The monoisotopic (exact) mass is 583 g/mol. The third-order valence-corrected chi connectivity index (χ3v) is 7.79. The molecule has 0 aliphatic carbocycles. The van der Waals surface area contributed by atoms with Crippen LogP contribution in [0.15, 0.2) is 36.4 Å². The second-order valence-electron chi connectivity index (χ2n) is 11.8. The first-order valence-electron chi connectivity index (χ1n) is 14.4. The second-order valence-corrected chi connectivity index (χ2v) is 11.8. The normalized spacial score (nSPS) is 18.3. The number of ether oxygens (including phenoxy) is 4. The molecule has 3 amide bonds. The summed E-state index contributed by atoms with van der Waals surface area (Å²) >= 11 is 0. The topological polar surface area (TPSA) is 97.8 Å². The number of para-hydroxylation sites is 1. The highest BCUT2D eigenvalue weighted by Crippen LogP contribution is 2.34. The van der Waals surface area contributed by atoms with Crippen molar-refractivity contribution in [3.63, 3.8) is 0 Å². The van der Waals surface area contributed by atoms with E-state index in [0.29, 0.717) is 51.9 Å². The zero-order chi connectivity index (χ0) is 30.0. The Bertz CT molecular complexity index is 1330. The number of nitrogens with zero attached hydrogens (tertiary/aromatic N) is 3. The van der Waals surface area contributed by atoms with E-state index in [1.54, 1.807) is 14.7 Å². The fourth-order valence-corrected chi connectivity index (χ4v) is 5.64. The van der Waals surface area contributed by atoms with Crippen LogP contribution in [-0.4, -0.2) is 78.9 Å². The molecule has 2 aromatic rings. The Morgan fingerprint density at radius 3 is 2.29 bits per heavy atom. The number of piperidine rings is 2. The smallest absolute Gasteiger partial charge is 0.414 e. The second kappa shape index (κ2) is 12.1. The highest BCUT2D eigenvalue weighted by Gasteiger charge is 2.36. The van der Waals surface area contributed by atoms with Crippen molar-refractivity contribution < 1.29 is 37.7 Å². The molecule has 2 fully saturated rings. The van der Waals surface area contributed by atoms with Gasteiger partial charge in [-0.3, -0.25) is 9.69 Å². The minimum Gasteiger partial charge on any atom is -0.496 e. The number of anilines is 1. The number of rotatable bonds is 5. The quantitative estimate of drug-likeness (QED) is 0.467. The summed E-state index contributed by atoms with van der Waals surface area (Å²) in [5.41, 5.74) is 1.33. The maximum atomic E-state index is 15.2. The average molecular weight is 584 g/mol. The van der Waals surface area contributed by atoms with Gasteiger partial charge in [0.05, 0.1) is 18.4 Å². The summed E-state index contributed by atoms with van der Waals surface area (Å²) < 4.78 is 37.5. The van der Waals surface area contributed by atoms with Crippen LogP contribution in [0.1, 0.15) is 62.4 Å². The molecule has 0 spiro atoms. The molecule has 10 nitrogen and oxygen atoms in total. The molecule has 11 heteroatoms. The number of likely N-dealkylation sites (tertiary alicyclic amines) is 2. The molecule has 5 rings (SSSR count). The van der Waals surface area contributed by atoms with Crippen LogP contribution in [0.4, 0.5) is 19.7 Å².